The van der Waals surface area contributed by atoms with Gasteiger partial charge >= 0.3 is 6.03 Å². The molecule has 0 bridgehead atoms. The van der Waals surface area contributed by atoms with Gasteiger partial charge in [0.15, 0.2) is 0 Å². The van der Waals surface area contributed by atoms with Crippen molar-refractivity contribution in [2.75, 3.05) is 53.4 Å². The lowest BCUT2D eigenvalue weighted by molar-refractivity contribution is 0.0650. The first kappa shape index (κ1) is 17.7. The summed E-state index contributed by atoms with van der Waals surface area (Å²) < 4.78 is 0. The number of carbonyl (C=O) groups excluding carboxylic acids is 2. The van der Waals surface area contributed by atoms with Crippen LogP contribution in [0, 0.1) is 0 Å². The summed E-state index contributed by atoms with van der Waals surface area (Å²) in [6.07, 6.45) is 2.42. The highest BCUT2D eigenvalue weighted by Crippen LogP contribution is 2.23. The first-order chi connectivity index (χ1) is 12.1. The van der Waals surface area contributed by atoms with E-state index in [0.29, 0.717) is 32.1 Å². The second kappa shape index (κ2) is 7.87. The van der Waals surface area contributed by atoms with Crippen molar-refractivity contribution in [1.29, 1.82) is 0 Å². The fraction of sp³-hybridized carbons (Fsp3) is 0.579. The zero-order chi connectivity index (χ0) is 17.8. The first-order valence-corrected chi connectivity index (χ1v) is 9.12. The molecule has 0 saturated carbocycles. The minimum Gasteiger partial charge on any atom is -0.335 e. The molecule has 25 heavy (non-hydrogen) atoms. The fourth-order valence-corrected chi connectivity index (χ4v) is 3.60. The van der Waals surface area contributed by atoms with Crippen LogP contribution < -0.4 is 5.32 Å². The number of rotatable bonds is 2. The lowest BCUT2D eigenvalue weighted by Crippen LogP contribution is -2.52. The van der Waals surface area contributed by atoms with Crippen LogP contribution in [0.5, 0.6) is 0 Å². The van der Waals surface area contributed by atoms with Gasteiger partial charge in [0, 0.05) is 52.4 Å². The molecule has 0 aromatic heterocycles. The molecular weight excluding hydrogens is 316 g/mol. The third-order valence-corrected chi connectivity index (χ3v) is 5.15. The van der Waals surface area contributed by atoms with E-state index in [1.165, 1.54) is 18.4 Å². The zero-order valence-corrected chi connectivity index (χ0v) is 15.2. The summed E-state index contributed by atoms with van der Waals surface area (Å²) in [6, 6.07) is 8.10. The molecule has 3 amide bonds. The Kier molecular flexibility index (Phi) is 5.58. The van der Waals surface area contributed by atoms with E-state index < -0.39 is 0 Å². The van der Waals surface area contributed by atoms with Gasteiger partial charge < -0.3 is 20.0 Å². The number of amides is 3. The molecule has 136 valence electrons. The number of piperazine rings is 1. The Morgan fingerprint density at radius 3 is 2.24 bits per heavy atom. The van der Waals surface area contributed by atoms with Crippen molar-refractivity contribution in [3.63, 3.8) is 0 Å². The van der Waals surface area contributed by atoms with Gasteiger partial charge in [0.1, 0.15) is 0 Å². The molecular formula is C19H28N4O2. The summed E-state index contributed by atoms with van der Waals surface area (Å²) >= 11 is 0. The van der Waals surface area contributed by atoms with Gasteiger partial charge in [-0.3, -0.25) is 4.79 Å². The molecule has 1 atom stereocenters. The van der Waals surface area contributed by atoms with Gasteiger partial charge in [-0.1, -0.05) is 12.1 Å². The van der Waals surface area contributed by atoms with Crippen molar-refractivity contribution in [3.8, 4) is 0 Å². The van der Waals surface area contributed by atoms with Crippen molar-refractivity contribution in [3.05, 3.63) is 35.4 Å². The Bertz CT molecular complexity index is 600. The van der Waals surface area contributed by atoms with Crippen LogP contribution in [0.2, 0.25) is 0 Å². The maximum Gasteiger partial charge on any atom is 0.319 e. The predicted molar refractivity (Wildman–Crippen MR) is 97.8 cm³/mol. The normalized spacial score (nSPS) is 21.1. The van der Waals surface area contributed by atoms with Gasteiger partial charge in [-0.2, -0.15) is 0 Å². The highest BCUT2D eigenvalue weighted by molar-refractivity contribution is 5.94. The minimum absolute atomic E-state index is 0.0116. The molecule has 0 unspecified atom stereocenters. The Labute approximate surface area is 149 Å². The topological polar surface area (TPSA) is 55.9 Å². The van der Waals surface area contributed by atoms with Crippen molar-refractivity contribution < 1.29 is 9.59 Å². The standard InChI is InChI=1S/C19H28N4O2/c1-21(2)19(25)23-12-10-22(11-13-23)18(24)16-7-5-15(6-8-16)17-4-3-9-20-14-17/h5-8,17,20H,3-4,9-14H2,1-2H3/t17-/m1/s1. The van der Waals surface area contributed by atoms with E-state index in [0.717, 1.165) is 18.7 Å². The Morgan fingerprint density at radius 1 is 1.04 bits per heavy atom. The Balaban J connectivity index is 1.57. The van der Waals surface area contributed by atoms with E-state index in [2.05, 4.69) is 17.4 Å². The summed E-state index contributed by atoms with van der Waals surface area (Å²) in [6.45, 7) is 4.49. The van der Waals surface area contributed by atoms with E-state index in [4.69, 9.17) is 0 Å². The number of piperidine rings is 1. The summed E-state index contributed by atoms with van der Waals surface area (Å²) in [7, 11) is 3.51. The van der Waals surface area contributed by atoms with Gasteiger partial charge in [0.05, 0.1) is 0 Å². The average molecular weight is 344 g/mol. The van der Waals surface area contributed by atoms with Crippen LogP contribution in [0.15, 0.2) is 24.3 Å². The average Bonchev–Trinajstić information content (AvgIpc) is 2.67. The Morgan fingerprint density at radius 2 is 1.68 bits per heavy atom. The van der Waals surface area contributed by atoms with Gasteiger partial charge in [-0.05, 0) is 43.0 Å². The van der Waals surface area contributed by atoms with Gasteiger partial charge in [0.2, 0.25) is 0 Å². The molecule has 1 aromatic carbocycles. The number of urea groups is 1. The highest BCUT2D eigenvalue weighted by Gasteiger charge is 2.25. The molecule has 2 aliphatic heterocycles. The minimum atomic E-state index is 0.0116. The van der Waals surface area contributed by atoms with Crippen LogP contribution in [0.1, 0.15) is 34.7 Å². The van der Waals surface area contributed by atoms with Gasteiger partial charge in [-0.15, -0.1) is 0 Å². The quantitative estimate of drug-likeness (QED) is 0.886. The second-order valence-electron chi connectivity index (χ2n) is 7.12. The maximum atomic E-state index is 12.7. The SMILES string of the molecule is CN(C)C(=O)N1CCN(C(=O)c2ccc([C@@H]3CCCNC3)cc2)CC1. The predicted octanol–water partition coefficient (Wildman–Crippen LogP) is 1.59. The number of hydrogen-bond acceptors (Lipinski definition) is 3. The molecule has 3 rings (SSSR count). The molecule has 2 heterocycles. The fourth-order valence-electron chi connectivity index (χ4n) is 3.60. The number of nitrogens with one attached hydrogen (secondary N) is 1. The van der Waals surface area contributed by atoms with E-state index in [9.17, 15) is 9.59 Å². The second-order valence-corrected chi connectivity index (χ2v) is 7.12. The van der Waals surface area contributed by atoms with Crippen LogP contribution in [-0.4, -0.2) is 80.0 Å². The summed E-state index contributed by atoms with van der Waals surface area (Å²) in [4.78, 5) is 29.9. The van der Waals surface area contributed by atoms with Crippen LogP contribution in [0.3, 0.4) is 0 Å². The van der Waals surface area contributed by atoms with Crippen LogP contribution >= 0.6 is 0 Å². The molecule has 0 spiro atoms. The first-order valence-electron chi connectivity index (χ1n) is 9.12. The van der Waals surface area contributed by atoms with Crippen molar-refractivity contribution in [2.24, 2.45) is 0 Å². The lowest BCUT2D eigenvalue weighted by atomic mass is 9.91. The molecule has 0 aliphatic carbocycles. The van der Waals surface area contributed by atoms with Crippen LogP contribution in [-0.2, 0) is 0 Å². The lowest BCUT2D eigenvalue weighted by Gasteiger charge is -2.36. The van der Waals surface area contributed by atoms with Gasteiger partial charge in [0.25, 0.3) is 5.91 Å². The maximum absolute atomic E-state index is 12.7. The third kappa shape index (κ3) is 4.12. The van der Waals surface area contributed by atoms with Gasteiger partial charge in [-0.25, -0.2) is 4.79 Å². The third-order valence-electron chi connectivity index (χ3n) is 5.15. The van der Waals surface area contributed by atoms with Crippen molar-refractivity contribution >= 4 is 11.9 Å². The molecule has 0 radical (unpaired) electrons. The number of carbonyl (C=O) groups is 2. The number of hydrogen-bond donors (Lipinski definition) is 1. The Hall–Kier alpha value is -2.08. The molecule has 6 heteroatoms. The smallest absolute Gasteiger partial charge is 0.319 e. The van der Waals surface area contributed by atoms with Crippen LogP contribution in [0.25, 0.3) is 0 Å². The molecule has 1 N–H and O–H groups in total. The largest absolute Gasteiger partial charge is 0.335 e. The number of nitrogens with zero attached hydrogens (tertiary/aromatic N) is 3. The van der Waals surface area contributed by atoms with Crippen LogP contribution in [0.4, 0.5) is 4.79 Å². The highest BCUT2D eigenvalue weighted by atomic mass is 16.2. The number of benzene rings is 1. The van der Waals surface area contributed by atoms with Crippen molar-refractivity contribution in [2.45, 2.75) is 18.8 Å². The zero-order valence-electron chi connectivity index (χ0n) is 15.2. The van der Waals surface area contributed by atoms with E-state index in [-0.39, 0.29) is 11.9 Å². The molecule has 1 aromatic rings. The van der Waals surface area contributed by atoms with E-state index in [1.54, 1.807) is 23.9 Å². The molecule has 2 aliphatic rings. The molecule has 2 saturated heterocycles. The molecule has 2 fully saturated rings. The van der Waals surface area contributed by atoms with E-state index in [1.807, 2.05) is 17.0 Å². The molecule has 6 nitrogen and oxygen atoms in total. The van der Waals surface area contributed by atoms with Crippen molar-refractivity contribution in [1.82, 2.24) is 20.0 Å². The summed E-state index contributed by atoms with van der Waals surface area (Å²) in [5, 5.41) is 3.43. The monoisotopic (exact) mass is 344 g/mol. The summed E-state index contributed by atoms with van der Waals surface area (Å²) in [5.41, 5.74) is 2.05. The van der Waals surface area contributed by atoms with E-state index >= 15 is 0 Å². The summed E-state index contributed by atoms with van der Waals surface area (Å²) in [5.74, 6) is 0.615.